The normalized spacial score (nSPS) is 11.0. The third-order valence-electron chi connectivity index (χ3n) is 3.63. The topological polar surface area (TPSA) is 51.2 Å². The monoisotopic (exact) mass is 384 g/mol. The van der Waals surface area contributed by atoms with E-state index in [-0.39, 0.29) is 5.91 Å². The minimum absolute atomic E-state index is 0.105. The summed E-state index contributed by atoms with van der Waals surface area (Å²) in [6, 6.07) is 11.8. The lowest BCUT2D eigenvalue weighted by molar-refractivity contribution is -0.116. The lowest BCUT2D eigenvalue weighted by Crippen LogP contribution is -2.23. The zero-order valence-corrected chi connectivity index (χ0v) is 16.1. The van der Waals surface area contributed by atoms with E-state index in [4.69, 9.17) is 4.74 Å². The molecule has 0 unspecified atom stereocenters. The van der Waals surface area contributed by atoms with Crippen molar-refractivity contribution in [3.63, 3.8) is 0 Å². The Labute approximate surface area is 161 Å². The lowest BCUT2D eigenvalue weighted by atomic mass is 10.2. The van der Waals surface area contributed by atoms with Gasteiger partial charge in [-0.15, -0.1) is 22.7 Å². The Bertz CT molecular complexity index is 870. The molecule has 0 atom stereocenters. The molecule has 0 fully saturated rings. The fourth-order valence-electron chi connectivity index (χ4n) is 2.36. The van der Waals surface area contributed by atoms with Crippen LogP contribution in [0.5, 0.6) is 5.75 Å². The van der Waals surface area contributed by atoms with Gasteiger partial charge in [-0.1, -0.05) is 24.3 Å². The van der Waals surface area contributed by atoms with Gasteiger partial charge in [0, 0.05) is 28.4 Å². The number of benzene rings is 1. The van der Waals surface area contributed by atoms with Crippen molar-refractivity contribution in [3.8, 4) is 5.75 Å². The third kappa shape index (κ3) is 5.54. The fourth-order valence-corrected chi connectivity index (χ4v) is 3.67. The first kappa shape index (κ1) is 18.4. The highest BCUT2D eigenvalue weighted by molar-refractivity contribution is 7.10. The van der Waals surface area contributed by atoms with E-state index >= 15 is 0 Å². The highest BCUT2D eigenvalue weighted by Gasteiger charge is 2.04. The number of nitrogens with zero attached hydrogens (tertiary/aromatic N) is 1. The van der Waals surface area contributed by atoms with Gasteiger partial charge in [0.15, 0.2) is 0 Å². The minimum atomic E-state index is -0.105. The predicted octanol–water partition coefficient (Wildman–Crippen LogP) is 4.46. The Morgan fingerprint density at radius 3 is 2.88 bits per heavy atom. The molecule has 134 valence electrons. The zero-order valence-electron chi connectivity index (χ0n) is 14.5. The molecule has 4 nitrogen and oxygen atoms in total. The van der Waals surface area contributed by atoms with E-state index in [2.05, 4.69) is 16.4 Å². The van der Waals surface area contributed by atoms with Crippen LogP contribution < -0.4 is 10.1 Å². The van der Waals surface area contributed by atoms with Gasteiger partial charge in [0.1, 0.15) is 12.4 Å². The molecule has 0 bridgehead atoms. The smallest absolute Gasteiger partial charge is 0.244 e. The van der Waals surface area contributed by atoms with E-state index in [1.54, 1.807) is 34.8 Å². The van der Waals surface area contributed by atoms with Crippen LogP contribution in [0.4, 0.5) is 0 Å². The molecule has 1 amide bonds. The van der Waals surface area contributed by atoms with Crippen molar-refractivity contribution in [2.75, 3.05) is 6.54 Å². The van der Waals surface area contributed by atoms with Gasteiger partial charge in [0.25, 0.3) is 0 Å². The SMILES string of the molecule is Cc1nc(COc2ccccc2/C=C/C(=O)NCCc2cccs2)cs1. The van der Waals surface area contributed by atoms with Crippen molar-refractivity contribution in [3.05, 3.63) is 74.4 Å². The second-order valence-corrected chi connectivity index (χ2v) is 7.73. The summed E-state index contributed by atoms with van der Waals surface area (Å²) in [6.45, 7) is 3.02. The summed E-state index contributed by atoms with van der Waals surface area (Å²) in [5, 5.41) is 7.96. The van der Waals surface area contributed by atoms with Crippen LogP contribution in [0.15, 0.2) is 53.2 Å². The molecule has 0 radical (unpaired) electrons. The summed E-state index contributed by atoms with van der Waals surface area (Å²) in [5.41, 5.74) is 1.78. The molecule has 1 N–H and O–H groups in total. The fraction of sp³-hybridized carbons (Fsp3) is 0.200. The van der Waals surface area contributed by atoms with Crippen LogP contribution in [0.2, 0.25) is 0 Å². The van der Waals surface area contributed by atoms with E-state index in [9.17, 15) is 4.79 Å². The Morgan fingerprint density at radius 1 is 1.23 bits per heavy atom. The number of nitrogens with one attached hydrogen (secondary N) is 1. The van der Waals surface area contributed by atoms with Gasteiger partial charge in [-0.05, 0) is 36.9 Å². The number of aromatic nitrogens is 1. The van der Waals surface area contributed by atoms with E-state index < -0.39 is 0 Å². The average Bonchev–Trinajstić information content (AvgIpc) is 3.30. The minimum Gasteiger partial charge on any atom is -0.487 e. The summed E-state index contributed by atoms with van der Waals surface area (Å²) in [4.78, 5) is 17.7. The Morgan fingerprint density at radius 2 is 2.12 bits per heavy atom. The molecular formula is C20H20N2O2S2. The third-order valence-corrected chi connectivity index (χ3v) is 5.38. The molecule has 26 heavy (non-hydrogen) atoms. The Hall–Kier alpha value is -2.44. The molecule has 0 saturated heterocycles. The Kier molecular flexibility index (Phi) is 6.57. The summed E-state index contributed by atoms with van der Waals surface area (Å²) in [5.74, 6) is 0.632. The van der Waals surface area contributed by atoms with Gasteiger partial charge in [-0.25, -0.2) is 4.98 Å². The average molecular weight is 385 g/mol. The first-order valence-corrected chi connectivity index (χ1v) is 10.1. The molecule has 0 spiro atoms. The van der Waals surface area contributed by atoms with Gasteiger partial charge >= 0.3 is 0 Å². The van der Waals surface area contributed by atoms with Gasteiger partial charge in [-0.3, -0.25) is 4.79 Å². The molecule has 0 aliphatic heterocycles. The first-order chi connectivity index (χ1) is 12.7. The number of rotatable bonds is 8. The number of aryl methyl sites for hydroxylation is 1. The maximum atomic E-state index is 12.0. The van der Waals surface area contributed by atoms with Crippen LogP contribution in [0, 0.1) is 6.92 Å². The van der Waals surface area contributed by atoms with Gasteiger partial charge in [0.2, 0.25) is 5.91 Å². The van der Waals surface area contributed by atoms with Crippen LogP contribution in [0.3, 0.4) is 0 Å². The zero-order chi connectivity index (χ0) is 18.2. The molecule has 0 saturated carbocycles. The number of carbonyl (C=O) groups is 1. The van der Waals surface area contributed by atoms with Crippen molar-refractivity contribution in [2.45, 2.75) is 20.0 Å². The van der Waals surface area contributed by atoms with Crippen molar-refractivity contribution in [1.29, 1.82) is 0 Å². The van der Waals surface area contributed by atoms with Crippen LogP contribution in [-0.2, 0) is 17.8 Å². The number of carbonyl (C=O) groups excluding carboxylic acids is 1. The highest BCUT2D eigenvalue weighted by atomic mass is 32.1. The van der Waals surface area contributed by atoms with Crippen molar-refractivity contribution >= 4 is 34.7 Å². The maximum Gasteiger partial charge on any atom is 0.244 e. The number of para-hydroxylation sites is 1. The molecule has 0 aliphatic rings. The second-order valence-electron chi connectivity index (χ2n) is 5.64. The molecule has 3 aromatic rings. The van der Waals surface area contributed by atoms with E-state index in [0.29, 0.717) is 13.2 Å². The maximum absolute atomic E-state index is 12.0. The van der Waals surface area contributed by atoms with Gasteiger partial charge < -0.3 is 10.1 Å². The first-order valence-electron chi connectivity index (χ1n) is 8.32. The van der Waals surface area contributed by atoms with E-state index in [1.807, 2.05) is 48.0 Å². The quantitative estimate of drug-likeness (QED) is 0.583. The molecule has 0 aliphatic carbocycles. The largest absolute Gasteiger partial charge is 0.487 e. The molecule has 3 rings (SSSR count). The highest BCUT2D eigenvalue weighted by Crippen LogP contribution is 2.21. The van der Waals surface area contributed by atoms with Crippen molar-refractivity contribution in [2.24, 2.45) is 0 Å². The van der Waals surface area contributed by atoms with Crippen LogP contribution >= 0.6 is 22.7 Å². The Balaban J connectivity index is 1.53. The predicted molar refractivity (Wildman–Crippen MR) is 108 cm³/mol. The number of ether oxygens (including phenoxy) is 1. The molecule has 1 aromatic carbocycles. The lowest BCUT2D eigenvalue weighted by Gasteiger charge is -2.07. The number of hydrogen-bond donors (Lipinski definition) is 1. The van der Waals surface area contributed by atoms with Crippen LogP contribution in [-0.4, -0.2) is 17.4 Å². The standard InChI is InChI=1S/C20H20N2O2S2/c1-15-22-17(14-26-15)13-24-19-7-3-2-5-16(19)8-9-20(23)21-11-10-18-6-4-12-25-18/h2-9,12,14H,10-11,13H2,1H3,(H,21,23)/b9-8+. The number of amides is 1. The summed E-state index contributed by atoms with van der Waals surface area (Å²) >= 11 is 3.31. The molecule has 6 heteroatoms. The summed E-state index contributed by atoms with van der Waals surface area (Å²) in [7, 11) is 0. The van der Waals surface area contributed by atoms with Crippen molar-refractivity contribution < 1.29 is 9.53 Å². The summed E-state index contributed by atoms with van der Waals surface area (Å²) in [6.07, 6.45) is 4.18. The van der Waals surface area contributed by atoms with E-state index in [0.717, 1.165) is 28.4 Å². The van der Waals surface area contributed by atoms with Crippen LogP contribution in [0.25, 0.3) is 6.08 Å². The van der Waals surface area contributed by atoms with Gasteiger partial charge in [-0.2, -0.15) is 0 Å². The number of thiazole rings is 1. The second kappa shape index (κ2) is 9.31. The van der Waals surface area contributed by atoms with Gasteiger partial charge in [0.05, 0.1) is 10.7 Å². The molecule has 2 aromatic heterocycles. The molecule has 2 heterocycles. The van der Waals surface area contributed by atoms with Crippen molar-refractivity contribution in [1.82, 2.24) is 10.3 Å². The summed E-state index contributed by atoms with van der Waals surface area (Å²) < 4.78 is 5.86. The van der Waals surface area contributed by atoms with E-state index in [1.165, 1.54) is 4.88 Å². The van der Waals surface area contributed by atoms with Crippen LogP contribution in [0.1, 0.15) is 21.1 Å². The number of hydrogen-bond acceptors (Lipinski definition) is 5. The number of thiophene rings is 1. The molecular weight excluding hydrogens is 364 g/mol.